The van der Waals surface area contributed by atoms with Gasteiger partial charge in [0.1, 0.15) is 18.0 Å². The third-order valence-electron chi connectivity index (χ3n) is 4.94. The van der Waals surface area contributed by atoms with Crippen LogP contribution in [0.5, 0.6) is 23.0 Å². The molecule has 3 aromatic carbocycles. The largest absolute Gasteiger partial charge is 0.493 e. The summed E-state index contributed by atoms with van der Waals surface area (Å²) in [6.07, 6.45) is 1.03. The van der Waals surface area contributed by atoms with Gasteiger partial charge in [-0.1, -0.05) is 18.2 Å². The van der Waals surface area contributed by atoms with Gasteiger partial charge in [-0.2, -0.15) is 5.10 Å². The summed E-state index contributed by atoms with van der Waals surface area (Å²) in [6.45, 7) is 1.27. The lowest BCUT2D eigenvalue weighted by Gasteiger charge is -2.21. The van der Waals surface area contributed by atoms with Crippen LogP contribution in [-0.2, 0) is 14.8 Å². The van der Waals surface area contributed by atoms with Crippen molar-refractivity contribution in [1.29, 1.82) is 0 Å². The van der Waals surface area contributed by atoms with E-state index in [-0.39, 0.29) is 0 Å². The van der Waals surface area contributed by atoms with E-state index < -0.39 is 22.5 Å². The van der Waals surface area contributed by atoms with Crippen LogP contribution in [0.4, 0.5) is 5.69 Å². The summed E-state index contributed by atoms with van der Waals surface area (Å²) < 4.78 is 42.0. The monoisotopic (exact) mass is 497 g/mol. The summed E-state index contributed by atoms with van der Waals surface area (Å²) >= 11 is 0. The minimum absolute atomic E-state index is 0.323. The van der Waals surface area contributed by atoms with Crippen molar-refractivity contribution >= 4 is 27.3 Å². The highest BCUT2D eigenvalue weighted by Gasteiger charge is 2.21. The molecule has 10 heteroatoms. The number of ether oxygens (including phenoxy) is 3. The first kappa shape index (κ1) is 25.6. The lowest BCUT2D eigenvalue weighted by molar-refractivity contribution is -0.119. The summed E-state index contributed by atoms with van der Waals surface area (Å²) in [4.78, 5) is 12.5. The van der Waals surface area contributed by atoms with Crippen LogP contribution in [0.3, 0.4) is 0 Å². The molecule has 0 radical (unpaired) electrons. The van der Waals surface area contributed by atoms with Gasteiger partial charge in [0.05, 0.1) is 31.9 Å². The fourth-order valence-corrected chi connectivity index (χ4v) is 4.00. The number of benzene rings is 3. The van der Waals surface area contributed by atoms with Gasteiger partial charge in [0, 0.05) is 5.56 Å². The molecule has 9 nitrogen and oxygen atoms in total. The second kappa shape index (κ2) is 11.4. The van der Waals surface area contributed by atoms with Gasteiger partial charge in [0.15, 0.2) is 11.5 Å². The number of anilines is 1. The molecule has 0 fully saturated rings. The Morgan fingerprint density at radius 3 is 2.14 bits per heavy atom. The molecule has 3 rings (SSSR count). The number of nitrogens with one attached hydrogen (secondary N) is 1. The second-order valence-corrected chi connectivity index (χ2v) is 9.39. The number of methoxy groups -OCH3 is 2. The summed E-state index contributed by atoms with van der Waals surface area (Å²) in [6, 6.07) is 20.9. The zero-order chi connectivity index (χ0) is 25.4. The number of amides is 1. The predicted octanol–water partition coefficient (Wildman–Crippen LogP) is 3.80. The maximum Gasteiger partial charge on any atom is 0.260 e. The standard InChI is InChI=1S/C25H27N3O6S/c1-18(19-10-15-23(32-2)24(16-19)33-3)26-27-25(29)17-28(35(4,30)31)20-11-13-22(14-12-20)34-21-8-6-5-7-9-21/h5-16H,17H2,1-4H3,(H,27,29)/b26-18+. The van der Waals surface area contributed by atoms with Crippen LogP contribution in [0.2, 0.25) is 0 Å². The highest BCUT2D eigenvalue weighted by molar-refractivity contribution is 7.92. The fraction of sp³-hybridized carbons (Fsp3) is 0.200. The van der Waals surface area contributed by atoms with Crippen molar-refractivity contribution < 1.29 is 27.4 Å². The Morgan fingerprint density at radius 2 is 1.54 bits per heavy atom. The molecular weight excluding hydrogens is 470 g/mol. The lowest BCUT2D eigenvalue weighted by atomic mass is 10.1. The normalized spacial score (nSPS) is 11.5. The number of nitrogens with zero attached hydrogens (tertiary/aromatic N) is 2. The molecule has 35 heavy (non-hydrogen) atoms. The van der Waals surface area contributed by atoms with E-state index in [9.17, 15) is 13.2 Å². The molecular formula is C25H27N3O6S. The zero-order valence-corrected chi connectivity index (χ0v) is 20.7. The van der Waals surface area contributed by atoms with E-state index in [2.05, 4.69) is 10.5 Å². The van der Waals surface area contributed by atoms with Crippen molar-refractivity contribution in [2.75, 3.05) is 31.3 Å². The molecule has 0 aliphatic rings. The van der Waals surface area contributed by atoms with Crippen molar-refractivity contribution in [3.05, 3.63) is 78.4 Å². The van der Waals surface area contributed by atoms with Crippen LogP contribution < -0.4 is 23.9 Å². The fourth-order valence-electron chi connectivity index (χ4n) is 3.14. The molecule has 0 saturated heterocycles. The number of carbonyl (C=O) groups excluding carboxylic acids is 1. The van der Waals surface area contributed by atoms with E-state index in [1.807, 2.05) is 30.3 Å². The highest BCUT2D eigenvalue weighted by atomic mass is 32.2. The molecule has 0 aliphatic heterocycles. The summed E-state index contributed by atoms with van der Waals surface area (Å²) in [5.41, 5.74) is 3.94. The van der Waals surface area contributed by atoms with Gasteiger partial charge in [-0.3, -0.25) is 9.10 Å². The number of para-hydroxylation sites is 1. The zero-order valence-electron chi connectivity index (χ0n) is 19.9. The van der Waals surface area contributed by atoms with E-state index >= 15 is 0 Å². The average molecular weight is 498 g/mol. The third kappa shape index (κ3) is 6.97. The number of sulfonamides is 1. The van der Waals surface area contributed by atoms with Crippen LogP contribution in [0.25, 0.3) is 0 Å². The van der Waals surface area contributed by atoms with Crippen LogP contribution in [0.1, 0.15) is 12.5 Å². The minimum Gasteiger partial charge on any atom is -0.493 e. The minimum atomic E-state index is -3.74. The number of hydrogen-bond acceptors (Lipinski definition) is 7. The lowest BCUT2D eigenvalue weighted by Crippen LogP contribution is -2.39. The molecule has 3 aromatic rings. The van der Waals surface area contributed by atoms with Gasteiger partial charge < -0.3 is 14.2 Å². The Labute approximate surface area is 205 Å². The van der Waals surface area contributed by atoms with Gasteiger partial charge in [0.25, 0.3) is 5.91 Å². The third-order valence-corrected chi connectivity index (χ3v) is 6.08. The molecule has 0 heterocycles. The van der Waals surface area contributed by atoms with Crippen molar-refractivity contribution in [2.24, 2.45) is 5.10 Å². The van der Waals surface area contributed by atoms with Crippen molar-refractivity contribution in [3.63, 3.8) is 0 Å². The van der Waals surface area contributed by atoms with E-state index in [1.165, 1.54) is 14.2 Å². The van der Waals surface area contributed by atoms with Gasteiger partial charge in [-0.25, -0.2) is 13.8 Å². The Kier molecular flexibility index (Phi) is 8.32. The highest BCUT2D eigenvalue weighted by Crippen LogP contribution is 2.28. The Balaban J connectivity index is 1.70. The van der Waals surface area contributed by atoms with Crippen molar-refractivity contribution in [2.45, 2.75) is 6.92 Å². The van der Waals surface area contributed by atoms with E-state index in [0.717, 1.165) is 10.6 Å². The smallest absolute Gasteiger partial charge is 0.260 e. The quantitative estimate of drug-likeness (QED) is 0.337. The first-order chi connectivity index (χ1) is 16.7. The molecule has 0 unspecified atom stereocenters. The summed E-state index contributed by atoms with van der Waals surface area (Å²) in [5, 5.41) is 4.09. The number of rotatable bonds is 10. The summed E-state index contributed by atoms with van der Waals surface area (Å²) in [5.74, 6) is 1.68. The van der Waals surface area contributed by atoms with Gasteiger partial charge in [0.2, 0.25) is 10.0 Å². The Bertz CT molecular complexity index is 1290. The van der Waals surface area contributed by atoms with Crippen LogP contribution in [0.15, 0.2) is 77.9 Å². The Hall–Kier alpha value is -4.05. The molecule has 1 amide bonds. The molecule has 0 aromatic heterocycles. The van der Waals surface area contributed by atoms with E-state index in [4.69, 9.17) is 14.2 Å². The topological polar surface area (TPSA) is 107 Å². The molecule has 0 aliphatic carbocycles. The second-order valence-electron chi connectivity index (χ2n) is 7.48. The van der Waals surface area contributed by atoms with Crippen LogP contribution in [0, 0.1) is 0 Å². The van der Waals surface area contributed by atoms with Crippen molar-refractivity contribution in [1.82, 2.24) is 5.43 Å². The molecule has 0 saturated carbocycles. The molecule has 184 valence electrons. The molecule has 0 spiro atoms. The molecule has 1 N–H and O–H groups in total. The maximum absolute atomic E-state index is 12.5. The van der Waals surface area contributed by atoms with E-state index in [0.29, 0.717) is 40.0 Å². The first-order valence-electron chi connectivity index (χ1n) is 10.6. The van der Waals surface area contributed by atoms with Gasteiger partial charge in [-0.05, 0) is 61.5 Å². The first-order valence-corrected chi connectivity index (χ1v) is 12.4. The average Bonchev–Trinajstić information content (AvgIpc) is 2.86. The Morgan fingerprint density at radius 1 is 0.914 bits per heavy atom. The maximum atomic E-state index is 12.5. The van der Waals surface area contributed by atoms with Gasteiger partial charge >= 0.3 is 0 Å². The van der Waals surface area contributed by atoms with E-state index in [1.54, 1.807) is 49.4 Å². The molecule has 0 bridgehead atoms. The van der Waals surface area contributed by atoms with Gasteiger partial charge in [-0.15, -0.1) is 0 Å². The van der Waals surface area contributed by atoms with Crippen LogP contribution in [-0.4, -0.2) is 47.1 Å². The summed E-state index contributed by atoms with van der Waals surface area (Å²) in [7, 11) is -0.678. The molecule has 0 atom stereocenters. The van der Waals surface area contributed by atoms with Crippen molar-refractivity contribution in [3.8, 4) is 23.0 Å². The predicted molar refractivity (Wildman–Crippen MR) is 135 cm³/mol. The number of hydrogen-bond donors (Lipinski definition) is 1. The SMILES string of the molecule is COc1ccc(/C(C)=N/NC(=O)CN(c2ccc(Oc3ccccc3)cc2)S(C)(=O)=O)cc1OC. The number of hydrazone groups is 1. The van der Waals surface area contributed by atoms with Crippen LogP contribution >= 0.6 is 0 Å². The number of carbonyl (C=O) groups is 1.